The number of methoxy groups -OCH3 is 1. The number of carbonyl (C=O) groups excluding carboxylic acids is 2. The molecular formula is C29H30F2N8O5. The van der Waals surface area contributed by atoms with Crippen molar-refractivity contribution in [2.45, 2.75) is 13.0 Å². The number of aromatic nitrogens is 3. The van der Waals surface area contributed by atoms with Gasteiger partial charge in [-0.15, -0.1) is 0 Å². The van der Waals surface area contributed by atoms with E-state index in [1.54, 1.807) is 35.7 Å². The fourth-order valence-corrected chi connectivity index (χ4v) is 4.88. The van der Waals surface area contributed by atoms with Crippen LogP contribution in [0.25, 0.3) is 16.9 Å². The largest absolute Gasteiger partial charge is 0.494 e. The third-order valence-corrected chi connectivity index (χ3v) is 7.15. The van der Waals surface area contributed by atoms with Crippen molar-refractivity contribution < 1.29 is 33.0 Å². The summed E-state index contributed by atoms with van der Waals surface area (Å²) in [5.41, 5.74) is 2.42. The standard InChI is InChI=1S/C29H30F2N8O5/c1-16-13-17(3-4-18(16)27(40)34-7-8-35-29(43)38-11-9-32-20(15-38)28(41)42)37-25-26-36-14-21(39(26)12-10-33-25)19-5-6-22(44-2)24(31)23(19)30/h3-6,10,12-14,20,32H,7-9,11,15H2,1-2H3,(H,33,37)(H,34,40)(H,35,43)(H,41,42)/t20-/m0/s1. The summed E-state index contributed by atoms with van der Waals surface area (Å²) in [4.78, 5) is 46.4. The fraction of sp³-hybridized carbons (Fsp3) is 0.276. The van der Waals surface area contributed by atoms with Crippen LogP contribution in [0.5, 0.6) is 5.75 Å². The molecule has 0 radical (unpaired) electrons. The molecule has 1 aliphatic rings. The van der Waals surface area contributed by atoms with E-state index in [0.29, 0.717) is 47.1 Å². The highest BCUT2D eigenvalue weighted by Crippen LogP contribution is 2.31. The van der Waals surface area contributed by atoms with Crippen LogP contribution in [0.2, 0.25) is 0 Å². The molecule has 1 aliphatic heterocycles. The summed E-state index contributed by atoms with van der Waals surface area (Å²) in [5.74, 6) is -3.34. The molecule has 1 atom stereocenters. The molecule has 2 aromatic carbocycles. The smallest absolute Gasteiger partial charge is 0.322 e. The zero-order chi connectivity index (χ0) is 31.4. The lowest BCUT2D eigenvalue weighted by molar-refractivity contribution is -0.140. The Kier molecular flexibility index (Phi) is 8.85. The van der Waals surface area contributed by atoms with Crippen LogP contribution >= 0.6 is 0 Å². The lowest BCUT2D eigenvalue weighted by Crippen LogP contribution is -2.58. The summed E-state index contributed by atoms with van der Waals surface area (Å²) >= 11 is 0. The number of nitrogens with one attached hydrogen (secondary N) is 4. The van der Waals surface area contributed by atoms with Crippen LogP contribution in [0, 0.1) is 18.6 Å². The van der Waals surface area contributed by atoms with Crippen LogP contribution in [0.3, 0.4) is 0 Å². The average Bonchev–Trinajstić information content (AvgIpc) is 3.45. The highest BCUT2D eigenvalue weighted by Gasteiger charge is 2.27. The summed E-state index contributed by atoms with van der Waals surface area (Å²) in [6, 6.07) is 6.64. The van der Waals surface area contributed by atoms with Crippen LogP contribution in [0.15, 0.2) is 48.9 Å². The summed E-state index contributed by atoms with van der Waals surface area (Å²) < 4.78 is 35.6. The summed E-state index contributed by atoms with van der Waals surface area (Å²) in [6.45, 7) is 2.93. The lowest BCUT2D eigenvalue weighted by atomic mass is 10.1. The first-order valence-corrected chi connectivity index (χ1v) is 13.7. The van der Waals surface area contributed by atoms with Crippen LogP contribution < -0.4 is 26.0 Å². The molecule has 13 nitrogen and oxygen atoms in total. The number of hydrogen-bond donors (Lipinski definition) is 5. The Bertz CT molecular complexity index is 1730. The fourth-order valence-electron chi connectivity index (χ4n) is 4.88. The van der Waals surface area contributed by atoms with Gasteiger partial charge in [0.2, 0.25) is 5.82 Å². The number of aliphatic carboxylic acids is 1. The summed E-state index contributed by atoms with van der Waals surface area (Å²) in [7, 11) is 1.26. The van der Waals surface area contributed by atoms with Crippen molar-refractivity contribution >= 4 is 35.1 Å². The maximum absolute atomic E-state index is 14.8. The molecule has 3 heterocycles. The zero-order valence-corrected chi connectivity index (χ0v) is 23.9. The van der Waals surface area contributed by atoms with Gasteiger partial charge in [-0.2, -0.15) is 4.39 Å². The van der Waals surface area contributed by atoms with E-state index in [2.05, 4.69) is 31.2 Å². The number of halogens is 2. The van der Waals surface area contributed by atoms with Crippen molar-refractivity contribution in [2.75, 3.05) is 45.2 Å². The number of rotatable bonds is 9. The van der Waals surface area contributed by atoms with Gasteiger partial charge in [0.15, 0.2) is 23.0 Å². The van der Waals surface area contributed by atoms with Crippen molar-refractivity contribution in [2.24, 2.45) is 0 Å². The van der Waals surface area contributed by atoms with Gasteiger partial charge < -0.3 is 36.0 Å². The SMILES string of the molecule is COc1ccc(-c2cnc3c(Nc4ccc(C(=O)NCCNC(=O)N5CCN[C@H](C(=O)O)C5)c(C)c4)nccn23)c(F)c1F. The molecule has 230 valence electrons. The number of anilines is 2. The molecule has 15 heteroatoms. The Hall–Kier alpha value is -5.31. The Morgan fingerprint density at radius 2 is 1.91 bits per heavy atom. The van der Waals surface area contributed by atoms with E-state index < -0.39 is 29.7 Å². The number of carboxylic acids is 1. The molecule has 4 aromatic rings. The minimum Gasteiger partial charge on any atom is -0.494 e. The van der Waals surface area contributed by atoms with Crippen molar-refractivity contribution in [3.63, 3.8) is 0 Å². The number of piperazine rings is 1. The quantitative estimate of drug-likeness (QED) is 0.180. The molecular weight excluding hydrogens is 578 g/mol. The number of urea groups is 1. The number of imidazole rings is 1. The van der Waals surface area contributed by atoms with Crippen LogP contribution in [0.4, 0.5) is 25.1 Å². The number of ether oxygens (including phenoxy) is 1. The van der Waals surface area contributed by atoms with E-state index >= 15 is 0 Å². The van der Waals surface area contributed by atoms with Gasteiger partial charge in [0.05, 0.1) is 19.0 Å². The topological polar surface area (TPSA) is 162 Å². The van der Waals surface area contributed by atoms with Crippen molar-refractivity contribution in [1.29, 1.82) is 0 Å². The van der Waals surface area contributed by atoms with Crippen LogP contribution in [-0.2, 0) is 4.79 Å². The Balaban J connectivity index is 1.20. The molecule has 5 rings (SSSR count). The Labute approximate surface area is 250 Å². The van der Waals surface area contributed by atoms with Crippen LogP contribution in [-0.4, -0.2) is 88.2 Å². The predicted molar refractivity (Wildman–Crippen MR) is 156 cm³/mol. The maximum Gasteiger partial charge on any atom is 0.322 e. The van der Waals surface area contributed by atoms with Gasteiger partial charge in [0, 0.05) is 61.9 Å². The number of hydrogen-bond acceptors (Lipinski definition) is 8. The first kappa shape index (κ1) is 30.2. The van der Waals surface area contributed by atoms with Gasteiger partial charge in [-0.3, -0.25) is 14.0 Å². The maximum atomic E-state index is 14.8. The number of amides is 3. The third-order valence-electron chi connectivity index (χ3n) is 7.15. The Morgan fingerprint density at radius 3 is 2.66 bits per heavy atom. The first-order valence-electron chi connectivity index (χ1n) is 13.7. The molecule has 0 saturated carbocycles. The molecule has 1 saturated heterocycles. The third kappa shape index (κ3) is 6.22. The van der Waals surface area contributed by atoms with Gasteiger partial charge in [0.25, 0.3) is 5.91 Å². The van der Waals surface area contributed by atoms with E-state index in [-0.39, 0.29) is 36.9 Å². The molecule has 3 amide bonds. The van der Waals surface area contributed by atoms with Gasteiger partial charge in [0.1, 0.15) is 6.04 Å². The molecule has 0 bridgehead atoms. The number of carbonyl (C=O) groups is 3. The summed E-state index contributed by atoms with van der Waals surface area (Å²) in [5, 5.41) is 20.6. The monoisotopic (exact) mass is 608 g/mol. The first-order chi connectivity index (χ1) is 21.2. The molecule has 5 N–H and O–H groups in total. The van der Waals surface area contributed by atoms with Gasteiger partial charge >= 0.3 is 12.0 Å². The lowest BCUT2D eigenvalue weighted by Gasteiger charge is -2.31. The van der Waals surface area contributed by atoms with Crippen molar-refractivity contribution in [3.05, 3.63) is 71.7 Å². The molecule has 44 heavy (non-hydrogen) atoms. The number of carboxylic acid groups (broad SMARTS) is 1. The second-order valence-corrected chi connectivity index (χ2v) is 9.99. The van der Waals surface area contributed by atoms with Crippen LogP contribution in [0.1, 0.15) is 15.9 Å². The highest BCUT2D eigenvalue weighted by atomic mass is 19.2. The van der Waals surface area contributed by atoms with E-state index in [0.717, 1.165) is 0 Å². The second-order valence-electron chi connectivity index (χ2n) is 9.99. The number of nitrogens with zero attached hydrogens (tertiary/aromatic N) is 4. The molecule has 2 aromatic heterocycles. The molecule has 0 unspecified atom stereocenters. The van der Waals surface area contributed by atoms with E-state index in [1.807, 2.05) is 0 Å². The van der Waals surface area contributed by atoms with Crippen molar-refractivity contribution in [3.8, 4) is 17.0 Å². The average molecular weight is 609 g/mol. The Morgan fingerprint density at radius 1 is 1.11 bits per heavy atom. The van der Waals surface area contributed by atoms with Crippen molar-refractivity contribution in [1.82, 2.24) is 35.2 Å². The minimum atomic E-state index is -1.09. The zero-order valence-electron chi connectivity index (χ0n) is 23.9. The molecule has 0 aliphatic carbocycles. The summed E-state index contributed by atoms with van der Waals surface area (Å²) in [6.07, 6.45) is 4.50. The highest BCUT2D eigenvalue weighted by molar-refractivity contribution is 5.96. The predicted octanol–water partition coefficient (Wildman–Crippen LogP) is 2.53. The normalized spacial score (nSPS) is 14.7. The molecule has 1 fully saturated rings. The molecule has 0 spiro atoms. The van der Waals surface area contributed by atoms with Gasteiger partial charge in [-0.05, 0) is 42.8 Å². The van der Waals surface area contributed by atoms with Gasteiger partial charge in [-0.1, -0.05) is 0 Å². The number of aryl methyl sites for hydroxylation is 1. The second kappa shape index (κ2) is 12.9. The number of fused-ring (bicyclic) bond motifs is 1. The number of benzene rings is 2. The van der Waals surface area contributed by atoms with E-state index in [9.17, 15) is 23.2 Å². The minimum absolute atomic E-state index is 0.00865. The van der Waals surface area contributed by atoms with Gasteiger partial charge in [-0.25, -0.2) is 19.2 Å². The van der Waals surface area contributed by atoms with E-state index in [4.69, 9.17) is 9.84 Å². The van der Waals surface area contributed by atoms with E-state index in [1.165, 1.54) is 36.5 Å².